The van der Waals surface area contributed by atoms with Crippen LogP contribution < -0.4 is 5.32 Å². The Morgan fingerprint density at radius 2 is 2.14 bits per heavy atom. The Balaban J connectivity index is 1.99. The summed E-state index contributed by atoms with van der Waals surface area (Å²) in [6, 6.07) is 0.0188. The lowest BCUT2D eigenvalue weighted by Gasteiger charge is -2.22. The van der Waals surface area contributed by atoms with Crippen molar-refractivity contribution in [1.29, 1.82) is 0 Å². The first-order valence-electron chi connectivity index (χ1n) is 5.40. The normalized spacial score (nSPS) is 37.2. The number of hydrogen-bond acceptors (Lipinski definition) is 3. The molecule has 3 nitrogen and oxygen atoms in total. The molecule has 3 heteroatoms. The fourth-order valence-corrected chi connectivity index (χ4v) is 2.33. The first-order valence-corrected chi connectivity index (χ1v) is 5.40. The van der Waals surface area contributed by atoms with E-state index in [1.54, 1.807) is 0 Å². The molecule has 1 N–H and O–H groups in total. The topological polar surface area (TPSA) is 38.3 Å². The summed E-state index contributed by atoms with van der Waals surface area (Å²) < 4.78 is 5.51. The number of hydrogen-bond donors (Lipinski definition) is 1. The molecule has 0 aromatic heterocycles. The minimum Gasteiger partial charge on any atom is -0.363 e. The highest BCUT2D eigenvalue weighted by Gasteiger charge is 2.43. The Morgan fingerprint density at radius 1 is 1.43 bits per heavy atom. The monoisotopic (exact) mass is 197 g/mol. The second-order valence-electron chi connectivity index (χ2n) is 5.41. The lowest BCUT2D eigenvalue weighted by molar-refractivity contribution is -0.128. The van der Waals surface area contributed by atoms with Crippen LogP contribution in [0.5, 0.6) is 0 Å². The quantitative estimate of drug-likeness (QED) is 0.689. The molecule has 0 bridgehead atoms. The van der Waals surface area contributed by atoms with Gasteiger partial charge in [0.15, 0.2) is 5.78 Å². The van der Waals surface area contributed by atoms with E-state index in [1.165, 1.54) is 0 Å². The van der Waals surface area contributed by atoms with Gasteiger partial charge in [-0.3, -0.25) is 10.1 Å². The summed E-state index contributed by atoms with van der Waals surface area (Å²) in [6.07, 6.45) is 2.21. The highest BCUT2D eigenvalue weighted by atomic mass is 16.5. The van der Waals surface area contributed by atoms with Crippen LogP contribution in [-0.2, 0) is 9.53 Å². The Morgan fingerprint density at radius 3 is 2.71 bits per heavy atom. The molecule has 2 rings (SSSR count). The molecule has 3 unspecified atom stereocenters. The fraction of sp³-hybridized carbons (Fsp3) is 0.909. The molecule has 0 spiro atoms. The van der Waals surface area contributed by atoms with Crippen molar-refractivity contribution >= 4 is 5.78 Å². The van der Waals surface area contributed by atoms with Crippen LogP contribution in [0.4, 0.5) is 0 Å². The molecule has 2 heterocycles. The van der Waals surface area contributed by atoms with Gasteiger partial charge < -0.3 is 4.74 Å². The SMILES string of the molecule is CC(C)(C)C(=O)C1CC2CCOC2N1. The molecule has 80 valence electrons. The van der Waals surface area contributed by atoms with Crippen LogP contribution in [-0.4, -0.2) is 24.7 Å². The molecule has 0 aromatic rings. The molecule has 2 aliphatic heterocycles. The Bertz CT molecular complexity index is 232. The van der Waals surface area contributed by atoms with Gasteiger partial charge in [0.1, 0.15) is 6.23 Å². The molecule has 0 aliphatic carbocycles. The third-order valence-corrected chi connectivity index (χ3v) is 3.17. The van der Waals surface area contributed by atoms with Crippen molar-refractivity contribution in [2.45, 2.75) is 45.9 Å². The number of Topliss-reactive ketones (excluding diaryl/α,β-unsaturated/α-hetero) is 1. The molecule has 14 heavy (non-hydrogen) atoms. The fourth-order valence-electron chi connectivity index (χ4n) is 2.33. The van der Waals surface area contributed by atoms with Gasteiger partial charge in [-0.2, -0.15) is 0 Å². The van der Waals surface area contributed by atoms with Gasteiger partial charge in [0.05, 0.1) is 6.04 Å². The van der Waals surface area contributed by atoms with E-state index < -0.39 is 0 Å². The summed E-state index contributed by atoms with van der Waals surface area (Å²) in [7, 11) is 0. The number of carbonyl (C=O) groups excluding carboxylic acids is 1. The van der Waals surface area contributed by atoms with Crippen LogP contribution in [0.15, 0.2) is 0 Å². The zero-order chi connectivity index (χ0) is 10.3. The van der Waals surface area contributed by atoms with Gasteiger partial charge in [-0.1, -0.05) is 20.8 Å². The van der Waals surface area contributed by atoms with Crippen LogP contribution in [0.3, 0.4) is 0 Å². The number of ether oxygens (including phenoxy) is 1. The maximum Gasteiger partial charge on any atom is 0.155 e. The lowest BCUT2D eigenvalue weighted by Crippen LogP contribution is -2.41. The van der Waals surface area contributed by atoms with Crippen molar-refractivity contribution in [2.24, 2.45) is 11.3 Å². The minimum atomic E-state index is -0.240. The summed E-state index contributed by atoms with van der Waals surface area (Å²) in [6.45, 7) is 6.78. The van der Waals surface area contributed by atoms with Crippen LogP contribution in [0.25, 0.3) is 0 Å². The first-order chi connectivity index (χ1) is 6.48. The van der Waals surface area contributed by atoms with E-state index >= 15 is 0 Å². The Kier molecular flexibility index (Phi) is 2.40. The second kappa shape index (κ2) is 3.31. The van der Waals surface area contributed by atoms with Gasteiger partial charge in [0.25, 0.3) is 0 Å². The van der Waals surface area contributed by atoms with Gasteiger partial charge in [-0.05, 0) is 12.8 Å². The van der Waals surface area contributed by atoms with E-state index in [9.17, 15) is 4.79 Å². The smallest absolute Gasteiger partial charge is 0.155 e. The van der Waals surface area contributed by atoms with Gasteiger partial charge in [0.2, 0.25) is 0 Å². The molecule has 0 amide bonds. The first kappa shape index (κ1) is 10.1. The number of nitrogens with one attached hydrogen (secondary N) is 1. The van der Waals surface area contributed by atoms with E-state index in [0.717, 1.165) is 19.4 Å². The van der Waals surface area contributed by atoms with Crippen molar-refractivity contribution in [3.05, 3.63) is 0 Å². The summed E-state index contributed by atoms with van der Waals surface area (Å²) in [4.78, 5) is 12.0. The van der Waals surface area contributed by atoms with Crippen molar-refractivity contribution < 1.29 is 9.53 Å². The predicted molar refractivity (Wildman–Crippen MR) is 53.8 cm³/mol. The summed E-state index contributed by atoms with van der Waals surface area (Å²) in [5.41, 5.74) is -0.240. The highest BCUT2D eigenvalue weighted by Crippen LogP contribution is 2.32. The van der Waals surface area contributed by atoms with E-state index in [-0.39, 0.29) is 17.7 Å². The second-order valence-corrected chi connectivity index (χ2v) is 5.41. The van der Waals surface area contributed by atoms with Gasteiger partial charge in [-0.15, -0.1) is 0 Å². The summed E-state index contributed by atoms with van der Waals surface area (Å²) in [5.74, 6) is 0.877. The molecule has 0 saturated carbocycles. The molecule has 0 aromatic carbocycles. The molecule has 2 fully saturated rings. The maximum absolute atomic E-state index is 12.0. The molecule has 2 saturated heterocycles. The predicted octanol–water partition coefficient (Wildman–Crippen LogP) is 1.33. The average Bonchev–Trinajstić information content (AvgIpc) is 2.58. The highest BCUT2D eigenvalue weighted by molar-refractivity contribution is 5.89. The lowest BCUT2D eigenvalue weighted by atomic mass is 9.85. The molecule has 2 aliphatic rings. The molecule has 0 radical (unpaired) electrons. The zero-order valence-electron chi connectivity index (χ0n) is 9.17. The van der Waals surface area contributed by atoms with Gasteiger partial charge in [-0.25, -0.2) is 0 Å². The van der Waals surface area contributed by atoms with Crippen molar-refractivity contribution in [3.63, 3.8) is 0 Å². The third-order valence-electron chi connectivity index (χ3n) is 3.17. The van der Waals surface area contributed by atoms with Crippen molar-refractivity contribution in [2.75, 3.05) is 6.61 Å². The summed E-state index contributed by atoms with van der Waals surface area (Å²) in [5, 5.41) is 3.29. The van der Waals surface area contributed by atoms with Gasteiger partial charge in [0, 0.05) is 17.9 Å². The molecular formula is C11H19NO2. The number of fused-ring (bicyclic) bond motifs is 1. The average molecular weight is 197 g/mol. The zero-order valence-corrected chi connectivity index (χ0v) is 9.17. The largest absolute Gasteiger partial charge is 0.363 e. The standard InChI is InChI=1S/C11H19NO2/c1-11(2,3)9(13)8-6-7-4-5-14-10(7)12-8/h7-8,10,12H,4-6H2,1-3H3. The van der Waals surface area contributed by atoms with Crippen LogP contribution in [0, 0.1) is 11.3 Å². The number of ketones is 1. The van der Waals surface area contributed by atoms with Crippen LogP contribution in [0.2, 0.25) is 0 Å². The molecule has 3 atom stereocenters. The molecular weight excluding hydrogens is 178 g/mol. The van der Waals surface area contributed by atoms with E-state index in [2.05, 4.69) is 5.32 Å². The number of carbonyl (C=O) groups is 1. The van der Waals surface area contributed by atoms with E-state index in [4.69, 9.17) is 4.74 Å². The van der Waals surface area contributed by atoms with Gasteiger partial charge >= 0.3 is 0 Å². The third kappa shape index (κ3) is 1.71. The minimum absolute atomic E-state index is 0.0188. The maximum atomic E-state index is 12.0. The summed E-state index contributed by atoms with van der Waals surface area (Å²) >= 11 is 0. The Labute approximate surface area is 85.2 Å². The number of rotatable bonds is 1. The van der Waals surface area contributed by atoms with Crippen molar-refractivity contribution in [3.8, 4) is 0 Å². The van der Waals surface area contributed by atoms with E-state index in [1.807, 2.05) is 20.8 Å². The van der Waals surface area contributed by atoms with Crippen LogP contribution in [0.1, 0.15) is 33.6 Å². The van der Waals surface area contributed by atoms with Crippen LogP contribution >= 0.6 is 0 Å². The van der Waals surface area contributed by atoms with Crippen molar-refractivity contribution in [1.82, 2.24) is 5.32 Å². The Hall–Kier alpha value is -0.410. The van der Waals surface area contributed by atoms with E-state index in [0.29, 0.717) is 11.7 Å².